The monoisotopic (exact) mass is 418 g/mol. The lowest BCUT2D eigenvalue weighted by Gasteiger charge is -2.20. The summed E-state index contributed by atoms with van der Waals surface area (Å²) in [4.78, 5) is 12.9. The number of anilines is 1. The molecule has 2 aromatic carbocycles. The van der Waals surface area contributed by atoms with Gasteiger partial charge in [0, 0.05) is 16.8 Å². The molecule has 29 heavy (non-hydrogen) atoms. The second-order valence-electron chi connectivity index (χ2n) is 8.35. The number of benzene rings is 2. The summed E-state index contributed by atoms with van der Waals surface area (Å²) in [7, 11) is -3.73. The average molecular weight is 419 g/mol. The van der Waals surface area contributed by atoms with E-state index in [0.717, 1.165) is 5.56 Å². The second-order valence-corrected chi connectivity index (χ2v) is 10.0. The van der Waals surface area contributed by atoms with Gasteiger partial charge in [-0.2, -0.15) is 0 Å². The van der Waals surface area contributed by atoms with Crippen LogP contribution in [0.25, 0.3) is 0 Å². The number of nitrogens with one attached hydrogen (secondary N) is 2. The Morgan fingerprint density at radius 1 is 1.10 bits per heavy atom. The topological polar surface area (TPSA) is 84.5 Å². The maximum absolute atomic E-state index is 12.8. The lowest BCUT2D eigenvalue weighted by molar-refractivity contribution is 0.0657. The highest BCUT2D eigenvalue weighted by atomic mass is 32.2. The molecular weight excluding hydrogens is 388 g/mol. The van der Waals surface area contributed by atoms with Gasteiger partial charge in [0.15, 0.2) is 0 Å². The molecule has 0 aromatic heterocycles. The predicted octanol–water partition coefficient (Wildman–Crippen LogP) is 4.25. The van der Waals surface area contributed by atoms with Gasteiger partial charge in [-0.15, -0.1) is 0 Å². The number of hydrogen-bond acceptors (Lipinski definition) is 4. The van der Waals surface area contributed by atoms with Crippen LogP contribution in [0.2, 0.25) is 0 Å². The molecule has 0 saturated carbocycles. The van der Waals surface area contributed by atoms with Gasteiger partial charge < -0.3 is 10.1 Å². The molecule has 7 heteroatoms. The maximum Gasteiger partial charge on any atom is 0.255 e. The minimum Gasteiger partial charge on any atom is -0.374 e. The molecule has 2 aromatic rings. The summed E-state index contributed by atoms with van der Waals surface area (Å²) in [5.74, 6) is -0.364. The zero-order chi connectivity index (χ0) is 21.8. The number of carbonyl (C=O) groups excluding carboxylic acids is 1. The number of rotatable bonds is 7. The molecule has 0 unspecified atom stereocenters. The Hall–Kier alpha value is -2.22. The van der Waals surface area contributed by atoms with Crippen molar-refractivity contribution in [2.24, 2.45) is 0 Å². The molecule has 0 fully saturated rings. The van der Waals surface area contributed by atoms with Gasteiger partial charge in [0.2, 0.25) is 10.0 Å². The first kappa shape index (κ1) is 23.1. The molecule has 0 saturated heterocycles. The molecular formula is C22H30N2O4S. The third-order valence-corrected chi connectivity index (χ3v) is 5.73. The van der Waals surface area contributed by atoms with Gasteiger partial charge in [-0.1, -0.05) is 18.2 Å². The summed E-state index contributed by atoms with van der Waals surface area (Å²) in [5, 5.41) is 2.84. The highest BCUT2D eigenvalue weighted by Crippen LogP contribution is 2.20. The van der Waals surface area contributed by atoms with Crippen LogP contribution >= 0.6 is 0 Å². The van der Waals surface area contributed by atoms with E-state index < -0.39 is 15.6 Å². The first-order chi connectivity index (χ1) is 13.4. The minimum atomic E-state index is -3.73. The standard InChI is InChI=1S/C22H30N2O4S/c1-15(2)28-14-17-8-7-9-18(12-17)23-21(25)20-13-19(11-10-16(20)3)29(26,27)24-22(4,5)6/h7-13,15,24H,14H2,1-6H3,(H,23,25). The van der Waals surface area contributed by atoms with Crippen LogP contribution in [0.1, 0.15) is 56.1 Å². The van der Waals surface area contributed by atoms with Gasteiger partial charge in [0.05, 0.1) is 17.6 Å². The van der Waals surface area contributed by atoms with Crippen molar-refractivity contribution in [3.05, 3.63) is 59.2 Å². The molecule has 1 amide bonds. The molecule has 0 atom stereocenters. The van der Waals surface area contributed by atoms with E-state index >= 15 is 0 Å². The molecule has 2 rings (SSSR count). The van der Waals surface area contributed by atoms with E-state index in [4.69, 9.17) is 4.74 Å². The van der Waals surface area contributed by atoms with Gasteiger partial charge in [-0.05, 0) is 76.9 Å². The van der Waals surface area contributed by atoms with E-state index in [1.54, 1.807) is 39.8 Å². The third-order valence-electron chi connectivity index (χ3n) is 3.97. The lowest BCUT2D eigenvalue weighted by Crippen LogP contribution is -2.40. The van der Waals surface area contributed by atoms with E-state index in [1.165, 1.54) is 12.1 Å². The summed E-state index contributed by atoms with van der Waals surface area (Å²) in [5.41, 5.74) is 1.95. The maximum atomic E-state index is 12.8. The first-order valence-electron chi connectivity index (χ1n) is 9.54. The van der Waals surface area contributed by atoms with Crippen LogP contribution in [-0.2, 0) is 21.4 Å². The first-order valence-corrected chi connectivity index (χ1v) is 11.0. The van der Waals surface area contributed by atoms with Crippen LogP contribution in [-0.4, -0.2) is 26.0 Å². The van der Waals surface area contributed by atoms with Crippen molar-refractivity contribution in [3.8, 4) is 0 Å². The van der Waals surface area contributed by atoms with Crippen LogP contribution in [0.4, 0.5) is 5.69 Å². The van der Waals surface area contributed by atoms with E-state index in [9.17, 15) is 13.2 Å². The van der Waals surface area contributed by atoms with Crippen molar-refractivity contribution in [1.29, 1.82) is 0 Å². The summed E-state index contributed by atoms with van der Waals surface area (Å²) in [6, 6.07) is 11.9. The lowest BCUT2D eigenvalue weighted by atomic mass is 10.1. The Balaban J connectivity index is 2.24. The predicted molar refractivity (Wildman–Crippen MR) is 116 cm³/mol. The second kappa shape index (κ2) is 9.07. The summed E-state index contributed by atoms with van der Waals surface area (Å²) < 4.78 is 33.4. The van der Waals surface area contributed by atoms with Crippen molar-refractivity contribution >= 4 is 21.6 Å². The molecule has 0 aliphatic rings. The van der Waals surface area contributed by atoms with Gasteiger partial charge in [-0.3, -0.25) is 4.79 Å². The van der Waals surface area contributed by atoms with Crippen LogP contribution in [0.5, 0.6) is 0 Å². The van der Waals surface area contributed by atoms with Crippen molar-refractivity contribution in [1.82, 2.24) is 4.72 Å². The normalized spacial score (nSPS) is 12.2. The summed E-state index contributed by atoms with van der Waals surface area (Å²) in [6.07, 6.45) is 0.113. The minimum absolute atomic E-state index is 0.0576. The van der Waals surface area contributed by atoms with Crippen LogP contribution in [0.3, 0.4) is 0 Å². The number of carbonyl (C=O) groups is 1. The van der Waals surface area contributed by atoms with Gasteiger partial charge in [-0.25, -0.2) is 13.1 Å². The zero-order valence-electron chi connectivity index (χ0n) is 17.9. The van der Waals surface area contributed by atoms with Crippen LogP contribution in [0, 0.1) is 6.92 Å². The Bertz CT molecular complexity index is 977. The van der Waals surface area contributed by atoms with Crippen molar-refractivity contribution in [2.45, 2.75) is 64.7 Å². The zero-order valence-corrected chi connectivity index (χ0v) is 18.7. The molecule has 0 radical (unpaired) electrons. The number of sulfonamides is 1. The molecule has 0 aliphatic heterocycles. The number of aryl methyl sites for hydroxylation is 1. The Morgan fingerprint density at radius 3 is 2.41 bits per heavy atom. The molecule has 2 N–H and O–H groups in total. The van der Waals surface area contributed by atoms with E-state index in [0.29, 0.717) is 23.4 Å². The number of amides is 1. The SMILES string of the molecule is Cc1ccc(S(=O)(=O)NC(C)(C)C)cc1C(=O)Nc1cccc(COC(C)C)c1. The van der Waals surface area contributed by atoms with Gasteiger partial charge in [0.1, 0.15) is 0 Å². The quantitative estimate of drug-likeness (QED) is 0.704. The Kier molecular flexibility index (Phi) is 7.21. The van der Waals surface area contributed by atoms with Crippen molar-refractivity contribution in [3.63, 3.8) is 0 Å². The van der Waals surface area contributed by atoms with E-state index in [-0.39, 0.29) is 16.9 Å². The molecule has 0 spiro atoms. The number of hydrogen-bond donors (Lipinski definition) is 2. The Morgan fingerprint density at radius 2 is 1.79 bits per heavy atom. The van der Waals surface area contributed by atoms with Crippen molar-refractivity contribution < 1.29 is 17.9 Å². The van der Waals surface area contributed by atoms with E-state index in [1.807, 2.05) is 32.0 Å². The number of ether oxygens (including phenoxy) is 1. The molecule has 0 heterocycles. The average Bonchev–Trinajstić information content (AvgIpc) is 2.58. The summed E-state index contributed by atoms with van der Waals surface area (Å²) in [6.45, 7) is 11.4. The molecule has 6 nitrogen and oxygen atoms in total. The highest BCUT2D eigenvalue weighted by molar-refractivity contribution is 7.89. The van der Waals surface area contributed by atoms with Crippen molar-refractivity contribution in [2.75, 3.05) is 5.32 Å². The van der Waals surface area contributed by atoms with Gasteiger partial charge >= 0.3 is 0 Å². The van der Waals surface area contributed by atoms with E-state index in [2.05, 4.69) is 10.0 Å². The highest BCUT2D eigenvalue weighted by Gasteiger charge is 2.23. The smallest absolute Gasteiger partial charge is 0.255 e. The van der Waals surface area contributed by atoms with Crippen LogP contribution < -0.4 is 10.0 Å². The van der Waals surface area contributed by atoms with Crippen LogP contribution in [0.15, 0.2) is 47.4 Å². The molecule has 0 aliphatic carbocycles. The van der Waals surface area contributed by atoms with Gasteiger partial charge in [0.25, 0.3) is 5.91 Å². The fraction of sp³-hybridized carbons (Fsp3) is 0.409. The Labute approximate surface area is 173 Å². The fourth-order valence-electron chi connectivity index (χ4n) is 2.68. The third kappa shape index (κ3) is 6.96. The molecule has 0 bridgehead atoms. The molecule has 158 valence electrons. The summed E-state index contributed by atoms with van der Waals surface area (Å²) >= 11 is 0. The fourth-order valence-corrected chi connectivity index (χ4v) is 4.12. The largest absolute Gasteiger partial charge is 0.374 e.